The van der Waals surface area contributed by atoms with Gasteiger partial charge in [-0.25, -0.2) is 9.97 Å². The van der Waals surface area contributed by atoms with Crippen molar-refractivity contribution < 1.29 is 9.53 Å². The Balaban J connectivity index is 1.68. The molecule has 1 aromatic heterocycles. The van der Waals surface area contributed by atoms with Crippen molar-refractivity contribution in [1.29, 1.82) is 0 Å². The first-order chi connectivity index (χ1) is 12.0. The average Bonchev–Trinajstić information content (AvgIpc) is 2.61. The minimum Gasteiger partial charge on any atom is -0.467 e. The van der Waals surface area contributed by atoms with Crippen LogP contribution in [0.25, 0.3) is 10.9 Å². The molecular weight excluding hydrogens is 450 g/mol. The van der Waals surface area contributed by atoms with E-state index in [9.17, 15) is 4.79 Å². The molecular formula is C18H15Br2N3O2. The molecule has 0 radical (unpaired) electrons. The molecule has 7 heteroatoms. The predicted molar refractivity (Wildman–Crippen MR) is 103 cm³/mol. The molecule has 0 aliphatic heterocycles. The van der Waals surface area contributed by atoms with E-state index in [2.05, 4.69) is 41.8 Å². The van der Waals surface area contributed by atoms with E-state index in [0.29, 0.717) is 12.4 Å². The number of likely N-dealkylation sites (N-methyl/N-ethyl adjacent to an activating group) is 1. The third-order valence-corrected chi connectivity index (χ3v) is 4.95. The van der Waals surface area contributed by atoms with Gasteiger partial charge in [-0.2, -0.15) is 0 Å². The van der Waals surface area contributed by atoms with Gasteiger partial charge in [0.25, 0.3) is 5.91 Å². The number of hydrogen-bond acceptors (Lipinski definition) is 4. The first-order valence-corrected chi connectivity index (χ1v) is 9.13. The average molecular weight is 465 g/mol. The number of rotatable bonds is 5. The monoisotopic (exact) mass is 463 g/mol. The van der Waals surface area contributed by atoms with Crippen molar-refractivity contribution in [2.45, 2.75) is 6.54 Å². The van der Waals surface area contributed by atoms with E-state index in [1.165, 1.54) is 6.33 Å². The van der Waals surface area contributed by atoms with Crippen LogP contribution in [0.5, 0.6) is 5.88 Å². The number of benzene rings is 2. The van der Waals surface area contributed by atoms with Crippen LogP contribution in [-0.2, 0) is 11.3 Å². The smallest absolute Gasteiger partial charge is 0.260 e. The fraction of sp³-hybridized carbons (Fsp3) is 0.167. The van der Waals surface area contributed by atoms with Gasteiger partial charge in [0.2, 0.25) is 5.88 Å². The Kier molecular flexibility index (Phi) is 5.65. The lowest BCUT2D eigenvalue weighted by Crippen LogP contribution is -2.31. The van der Waals surface area contributed by atoms with E-state index in [1.807, 2.05) is 42.5 Å². The molecule has 3 aromatic rings. The van der Waals surface area contributed by atoms with E-state index in [-0.39, 0.29) is 12.5 Å². The Morgan fingerprint density at radius 2 is 1.96 bits per heavy atom. The van der Waals surface area contributed by atoms with Crippen LogP contribution in [-0.4, -0.2) is 34.4 Å². The summed E-state index contributed by atoms with van der Waals surface area (Å²) in [5.74, 6) is 0.270. The molecule has 0 N–H and O–H groups in total. The van der Waals surface area contributed by atoms with Crippen molar-refractivity contribution in [3.63, 3.8) is 0 Å². The molecule has 5 nitrogen and oxygen atoms in total. The van der Waals surface area contributed by atoms with Crippen LogP contribution < -0.4 is 4.74 Å². The SMILES string of the molecule is CN(Cc1ccccc1Br)C(=O)COc1ncnc2ccc(Br)cc12. The molecule has 0 unspecified atom stereocenters. The van der Waals surface area contributed by atoms with Crippen molar-refractivity contribution in [2.24, 2.45) is 0 Å². The van der Waals surface area contributed by atoms with Gasteiger partial charge in [0.1, 0.15) is 6.33 Å². The summed E-state index contributed by atoms with van der Waals surface area (Å²) in [4.78, 5) is 22.3. The minimum atomic E-state index is -0.127. The van der Waals surface area contributed by atoms with Gasteiger partial charge in [-0.15, -0.1) is 0 Å². The lowest BCUT2D eigenvalue weighted by atomic mass is 10.2. The molecule has 0 bridgehead atoms. The molecule has 1 amide bonds. The first kappa shape index (κ1) is 17.8. The fourth-order valence-electron chi connectivity index (χ4n) is 2.33. The Morgan fingerprint density at radius 1 is 1.16 bits per heavy atom. The number of amides is 1. The second-order valence-electron chi connectivity index (χ2n) is 5.47. The number of carbonyl (C=O) groups excluding carboxylic acids is 1. The van der Waals surface area contributed by atoms with Gasteiger partial charge in [-0.3, -0.25) is 4.79 Å². The summed E-state index contributed by atoms with van der Waals surface area (Å²) in [6, 6.07) is 13.5. The molecule has 2 aromatic carbocycles. The van der Waals surface area contributed by atoms with Gasteiger partial charge >= 0.3 is 0 Å². The van der Waals surface area contributed by atoms with Crippen molar-refractivity contribution in [3.05, 3.63) is 63.3 Å². The molecule has 1 heterocycles. The highest BCUT2D eigenvalue weighted by atomic mass is 79.9. The Hall–Kier alpha value is -1.99. The summed E-state index contributed by atoms with van der Waals surface area (Å²) in [5, 5.41) is 0.762. The summed E-state index contributed by atoms with van der Waals surface area (Å²) in [7, 11) is 1.75. The molecule has 0 fully saturated rings. The normalized spacial score (nSPS) is 10.7. The molecule has 0 aliphatic rings. The highest BCUT2D eigenvalue weighted by Gasteiger charge is 2.13. The first-order valence-electron chi connectivity index (χ1n) is 7.55. The lowest BCUT2D eigenvalue weighted by molar-refractivity contribution is -0.132. The zero-order valence-electron chi connectivity index (χ0n) is 13.4. The van der Waals surface area contributed by atoms with Crippen LogP contribution in [0.4, 0.5) is 0 Å². The van der Waals surface area contributed by atoms with Crippen LogP contribution in [0, 0.1) is 0 Å². The van der Waals surface area contributed by atoms with Gasteiger partial charge in [-0.1, -0.05) is 50.1 Å². The molecule has 0 saturated heterocycles. The summed E-state index contributed by atoms with van der Waals surface area (Å²) >= 11 is 6.92. The van der Waals surface area contributed by atoms with Crippen LogP contribution in [0.2, 0.25) is 0 Å². The molecule has 128 valence electrons. The van der Waals surface area contributed by atoms with E-state index in [4.69, 9.17) is 4.74 Å². The number of aromatic nitrogens is 2. The number of ether oxygens (including phenoxy) is 1. The summed E-state index contributed by atoms with van der Waals surface area (Å²) in [6.45, 7) is 0.416. The van der Waals surface area contributed by atoms with Crippen LogP contribution in [0.1, 0.15) is 5.56 Å². The second kappa shape index (κ2) is 7.93. The molecule has 0 saturated carbocycles. The maximum atomic E-state index is 12.4. The highest BCUT2D eigenvalue weighted by Crippen LogP contribution is 2.25. The van der Waals surface area contributed by atoms with Crippen LogP contribution >= 0.6 is 31.9 Å². The van der Waals surface area contributed by atoms with Crippen LogP contribution in [0.15, 0.2) is 57.7 Å². The van der Waals surface area contributed by atoms with Gasteiger partial charge in [-0.05, 0) is 29.8 Å². The van der Waals surface area contributed by atoms with Gasteiger partial charge < -0.3 is 9.64 Å². The molecule has 0 spiro atoms. The number of nitrogens with zero attached hydrogens (tertiary/aromatic N) is 3. The van der Waals surface area contributed by atoms with Gasteiger partial charge in [0.05, 0.1) is 10.9 Å². The van der Waals surface area contributed by atoms with Gasteiger partial charge in [0, 0.05) is 22.5 Å². The number of carbonyl (C=O) groups is 1. The van der Waals surface area contributed by atoms with E-state index in [0.717, 1.165) is 25.4 Å². The number of fused-ring (bicyclic) bond motifs is 1. The van der Waals surface area contributed by atoms with E-state index in [1.54, 1.807) is 11.9 Å². The maximum Gasteiger partial charge on any atom is 0.260 e. The van der Waals surface area contributed by atoms with Crippen LogP contribution in [0.3, 0.4) is 0 Å². The Bertz CT molecular complexity index is 918. The Labute approximate surface area is 162 Å². The third kappa shape index (κ3) is 4.35. The number of hydrogen-bond donors (Lipinski definition) is 0. The maximum absolute atomic E-state index is 12.4. The molecule has 0 aliphatic carbocycles. The van der Waals surface area contributed by atoms with E-state index < -0.39 is 0 Å². The van der Waals surface area contributed by atoms with Crippen molar-refractivity contribution >= 4 is 48.7 Å². The zero-order valence-corrected chi connectivity index (χ0v) is 16.6. The minimum absolute atomic E-state index is 0.0838. The van der Waals surface area contributed by atoms with Crippen molar-refractivity contribution in [3.8, 4) is 5.88 Å². The zero-order chi connectivity index (χ0) is 17.8. The Morgan fingerprint density at radius 3 is 2.76 bits per heavy atom. The summed E-state index contributed by atoms with van der Waals surface area (Å²) < 4.78 is 7.52. The summed E-state index contributed by atoms with van der Waals surface area (Å²) in [6.07, 6.45) is 1.43. The lowest BCUT2D eigenvalue weighted by Gasteiger charge is -2.18. The topological polar surface area (TPSA) is 55.3 Å². The highest BCUT2D eigenvalue weighted by molar-refractivity contribution is 9.10. The molecule has 3 rings (SSSR count). The van der Waals surface area contributed by atoms with Crippen molar-refractivity contribution in [2.75, 3.05) is 13.7 Å². The number of halogens is 2. The predicted octanol–water partition coefficient (Wildman–Crippen LogP) is 4.19. The standard InChI is InChI=1S/C18H15Br2N3O2/c1-23(9-12-4-2-3-5-15(12)20)17(24)10-25-18-14-8-13(19)6-7-16(14)21-11-22-18/h2-8,11H,9-10H2,1H3. The van der Waals surface area contributed by atoms with Gasteiger partial charge in [0.15, 0.2) is 6.61 Å². The fourth-order valence-corrected chi connectivity index (χ4v) is 3.10. The third-order valence-electron chi connectivity index (χ3n) is 3.68. The second-order valence-corrected chi connectivity index (χ2v) is 7.24. The van der Waals surface area contributed by atoms with Crippen molar-refractivity contribution in [1.82, 2.24) is 14.9 Å². The molecule has 0 atom stereocenters. The molecule has 25 heavy (non-hydrogen) atoms. The largest absolute Gasteiger partial charge is 0.467 e. The summed E-state index contributed by atoms with van der Waals surface area (Å²) in [5.41, 5.74) is 1.80. The quantitative estimate of drug-likeness (QED) is 0.568. The van der Waals surface area contributed by atoms with E-state index >= 15 is 0 Å².